The second kappa shape index (κ2) is 6.72. The molecule has 1 amide bonds. The molecule has 5 heteroatoms. The molecule has 0 fully saturated rings. The van der Waals surface area contributed by atoms with Crippen molar-refractivity contribution < 1.29 is 14.7 Å². The zero-order chi connectivity index (χ0) is 15.4. The number of carbonyl (C=O) groups excluding carboxylic acids is 1. The lowest BCUT2D eigenvalue weighted by Gasteiger charge is -2.18. The average Bonchev–Trinajstić information content (AvgIpc) is 2.86. The van der Waals surface area contributed by atoms with Gasteiger partial charge in [-0.15, -0.1) is 0 Å². The molecule has 1 aliphatic heterocycles. The van der Waals surface area contributed by atoms with Gasteiger partial charge in [0.05, 0.1) is 5.56 Å². The Bertz CT molecular complexity index is 540. The molecule has 2 N–H and O–H groups in total. The number of amides is 1. The molecule has 2 rings (SSSR count). The van der Waals surface area contributed by atoms with Crippen molar-refractivity contribution in [1.29, 1.82) is 0 Å². The first-order valence-electron chi connectivity index (χ1n) is 7.39. The highest BCUT2D eigenvalue weighted by atomic mass is 16.4. The largest absolute Gasteiger partial charge is 0.478 e. The molecule has 0 atom stereocenters. The molecule has 114 valence electrons. The van der Waals surface area contributed by atoms with Crippen LogP contribution in [0.25, 0.3) is 0 Å². The van der Waals surface area contributed by atoms with Crippen molar-refractivity contribution in [3.8, 4) is 0 Å². The predicted molar refractivity (Wildman–Crippen MR) is 81.8 cm³/mol. The van der Waals surface area contributed by atoms with E-state index in [2.05, 4.69) is 19.2 Å². The molecule has 0 spiro atoms. The second-order valence-electron chi connectivity index (χ2n) is 5.66. The van der Waals surface area contributed by atoms with Crippen molar-refractivity contribution in [2.75, 3.05) is 18.0 Å². The molecule has 0 radical (unpaired) electrons. The van der Waals surface area contributed by atoms with Crippen molar-refractivity contribution in [2.45, 2.75) is 39.2 Å². The van der Waals surface area contributed by atoms with E-state index in [-0.39, 0.29) is 11.5 Å². The number of aromatic carboxylic acids is 1. The minimum absolute atomic E-state index is 0.0712. The molecule has 0 saturated carbocycles. The van der Waals surface area contributed by atoms with Crippen LogP contribution in [0.5, 0.6) is 0 Å². The summed E-state index contributed by atoms with van der Waals surface area (Å²) in [6.07, 6.45) is 2.07. The number of nitrogens with zero attached hydrogens (tertiary/aromatic N) is 1. The van der Waals surface area contributed by atoms with Crippen molar-refractivity contribution >= 4 is 17.6 Å². The minimum atomic E-state index is -0.960. The van der Waals surface area contributed by atoms with Crippen molar-refractivity contribution in [3.05, 3.63) is 29.3 Å². The number of benzene rings is 1. The molecular formula is C16H22N2O3. The zero-order valence-electron chi connectivity index (χ0n) is 12.6. The van der Waals surface area contributed by atoms with Gasteiger partial charge in [0, 0.05) is 24.7 Å². The summed E-state index contributed by atoms with van der Waals surface area (Å²) in [5, 5.41) is 12.3. The van der Waals surface area contributed by atoms with E-state index in [0.29, 0.717) is 19.0 Å². The maximum absolute atomic E-state index is 12.3. The molecule has 0 unspecified atom stereocenters. The summed E-state index contributed by atoms with van der Waals surface area (Å²) in [7, 11) is 0. The van der Waals surface area contributed by atoms with Gasteiger partial charge in [-0.1, -0.05) is 19.9 Å². The molecule has 1 aliphatic rings. The van der Waals surface area contributed by atoms with E-state index in [9.17, 15) is 9.59 Å². The highest BCUT2D eigenvalue weighted by molar-refractivity contribution is 5.97. The molecule has 1 heterocycles. The number of carboxylic acids is 1. The first-order valence-corrected chi connectivity index (χ1v) is 7.39. The molecule has 5 nitrogen and oxygen atoms in total. The summed E-state index contributed by atoms with van der Waals surface area (Å²) in [6.45, 7) is 5.62. The van der Waals surface area contributed by atoms with Crippen LogP contribution >= 0.6 is 0 Å². The number of hydrogen-bond donors (Lipinski definition) is 2. The quantitative estimate of drug-likeness (QED) is 0.787. The van der Waals surface area contributed by atoms with E-state index in [0.717, 1.165) is 30.6 Å². The summed E-state index contributed by atoms with van der Waals surface area (Å²) in [6, 6.07) is 5.44. The highest BCUT2D eigenvalue weighted by Gasteiger charge is 2.25. The Morgan fingerprint density at radius 3 is 2.81 bits per heavy atom. The van der Waals surface area contributed by atoms with E-state index < -0.39 is 5.97 Å². The minimum Gasteiger partial charge on any atom is -0.478 e. The van der Waals surface area contributed by atoms with Crippen LogP contribution in [0.1, 0.15) is 42.6 Å². The maximum Gasteiger partial charge on any atom is 0.335 e. The van der Waals surface area contributed by atoms with Gasteiger partial charge >= 0.3 is 5.97 Å². The Kier molecular flexibility index (Phi) is 4.96. The van der Waals surface area contributed by atoms with E-state index in [4.69, 9.17) is 5.11 Å². The maximum atomic E-state index is 12.3. The Hall–Kier alpha value is -1.88. The fourth-order valence-corrected chi connectivity index (χ4v) is 2.54. The molecule has 21 heavy (non-hydrogen) atoms. The first kappa shape index (κ1) is 15.5. The van der Waals surface area contributed by atoms with E-state index in [1.54, 1.807) is 17.0 Å². The van der Waals surface area contributed by atoms with Crippen LogP contribution < -0.4 is 10.2 Å². The Morgan fingerprint density at radius 1 is 1.38 bits per heavy atom. The van der Waals surface area contributed by atoms with Crippen molar-refractivity contribution in [2.24, 2.45) is 0 Å². The number of carbonyl (C=O) groups is 2. The number of hydrogen-bond acceptors (Lipinski definition) is 3. The third-order valence-corrected chi connectivity index (χ3v) is 3.65. The smallest absolute Gasteiger partial charge is 0.335 e. The average molecular weight is 290 g/mol. The fraction of sp³-hybridized carbons (Fsp3) is 0.500. The third-order valence-electron chi connectivity index (χ3n) is 3.65. The predicted octanol–water partition coefficient (Wildman–Crippen LogP) is 2.05. The van der Waals surface area contributed by atoms with E-state index >= 15 is 0 Å². The summed E-state index contributed by atoms with van der Waals surface area (Å²) >= 11 is 0. The summed E-state index contributed by atoms with van der Waals surface area (Å²) in [5.74, 6) is -0.889. The van der Waals surface area contributed by atoms with Crippen LogP contribution in [-0.2, 0) is 11.2 Å². The Balaban J connectivity index is 1.99. The van der Waals surface area contributed by atoms with E-state index in [1.165, 1.54) is 0 Å². The number of rotatable bonds is 6. The highest BCUT2D eigenvalue weighted by Crippen LogP contribution is 2.29. The normalized spacial score (nSPS) is 13.6. The fourth-order valence-electron chi connectivity index (χ4n) is 2.54. The lowest BCUT2D eigenvalue weighted by molar-refractivity contribution is -0.118. The van der Waals surface area contributed by atoms with Gasteiger partial charge in [0.25, 0.3) is 0 Å². The lowest BCUT2D eigenvalue weighted by atomic mass is 10.1. The number of nitrogens with one attached hydrogen (secondary N) is 1. The summed E-state index contributed by atoms with van der Waals surface area (Å²) in [4.78, 5) is 25.0. The molecule has 1 aromatic rings. The van der Waals surface area contributed by atoms with Gasteiger partial charge in [-0.2, -0.15) is 0 Å². The summed E-state index contributed by atoms with van der Waals surface area (Å²) in [5.41, 5.74) is 2.04. The Labute approximate surface area is 125 Å². The van der Waals surface area contributed by atoms with Gasteiger partial charge in [-0.05, 0) is 37.1 Å². The van der Waals surface area contributed by atoms with Gasteiger partial charge in [-0.3, -0.25) is 4.79 Å². The van der Waals surface area contributed by atoms with Gasteiger partial charge in [0.15, 0.2) is 0 Å². The topological polar surface area (TPSA) is 69.6 Å². The SMILES string of the molecule is CC(C)NCCCC(=O)N1CCc2ccc(C(=O)O)cc21. The number of fused-ring (bicyclic) bond motifs is 1. The summed E-state index contributed by atoms with van der Waals surface area (Å²) < 4.78 is 0. The van der Waals surface area contributed by atoms with E-state index in [1.807, 2.05) is 6.07 Å². The van der Waals surface area contributed by atoms with Gasteiger partial charge in [0.2, 0.25) is 5.91 Å². The van der Waals surface area contributed by atoms with Crippen LogP contribution in [0.3, 0.4) is 0 Å². The first-order chi connectivity index (χ1) is 9.99. The standard InChI is InChI=1S/C16H22N2O3/c1-11(2)17-8-3-4-15(19)18-9-7-12-5-6-13(16(20)21)10-14(12)18/h5-6,10-11,17H,3-4,7-9H2,1-2H3,(H,20,21). The third kappa shape index (κ3) is 3.82. The van der Waals surface area contributed by atoms with Gasteiger partial charge in [0.1, 0.15) is 0 Å². The monoisotopic (exact) mass is 290 g/mol. The van der Waals surface area contributed by atoms with Crippen LogP contribution in [0.2, 0.25) is 0 Å². The molecule has 1 aromatic carbocycles. The lowest BCUT2D eigenvalue weighted by Crippen LogP contribution is -2.30. The second-order valence-corrected chi connectivity index (χ2v) is 5.66. The van der Waals surface area contributed by atoms with Gasteiger partial charge in [-0.25, -0.2) is 4.79 Å². The van der Waals surface area contributed by atoms with Crippen molar-refractivity contribution in [3.63, 3.8) is 0 Å². The van der Waals surface area contributed by atoms with Crippen molar-refractivity contribution in [1.82, 2.24) is 5.32 Å². The molecular weight excluding hydrogens is 268 g/mol. The number of carboxylic acid groups (broad SMARTS) is 1. The number of anilines is 1. The van der Waals surface area contributed by atoms with Crippen LogP contribution in [-0.4, -0.2) is 36.1 Å². The zero-order valence-corrected chi connectivity index (χ0v) is 12.6. The molecule has 0 bridgehead atoms. The molecule has 0 saturated heterocycles. The molecule has 0 aromatic heterocycles. The van der Waals surface area contributed by atoms with Gasteiger partial charge < -0.3 is 15.3 Å². The van der Waals surface area contributed by atoms with Crippen LogP contribution in [0.4, 0.5) is 5.69 Å². The Morgan fingerprint density at radius 2 is 2.14 bits per heavy atom. The van der Waals surface area contributed by atoms with Crippen LogP contribution in [0.15, 0.2) is 18.2 Å². The molecule has 0 aliphatic carbocycles. The van der Waals surface area contributed by atoms with Crippen LogP contribution in [0, 0.1) is 0 Å².